The summed E-state index contributed by atoms with van der Waals surface area (Å²) in [7, 11) is 2.19. The molecule has 1 aliphatic rings. The summed E-state index contributed by atoms with van der Waals surface area (Å²) in [6.45, 7) is 7.87. The minimum absolute atomic E-state index is 0.549. The second-order valence-corrected chi connectivity index (χ2v) is 8.25. The van der Waals surface area contributed by atoms with Gasteiger partial charge in [-0.05, 0) is 57.1 Å². The molecule has 2 N–H and O–H groups in total. The van der Waals surface area contributed by atoms with Crippen LogP contribution < -0.4 is 5.32 Å². The van der Waals surface area contributed by atoms with Gasteiger partial charge in [0.1, 0.15) is 6.07 Å². The fourth-order valence-corrected chi connectivity index (χ4v) is 4.10. The van der Waals surface area contributed by atoms with Gasteiger partial charge in [0.25, 0.3) is 0 Å². The maximum atomic E-state index is 9.63. The van der Waals surface area contributed by atoms with E-state index in [1.54, 1.807) is 6.20 Å². The van der Waals surface area contributed by atoms with Gasteiger partial charge in [-0.3, -0.25) is 4.98 Å². The van der Waals surface area contributed by atoms with Gasteiger partial charge in [-0.2, -0.15) is 5.26 Å². The number of unbranched alkanes of at least 4 members (excludes halogenated alkanes) is 1. The highest BCUT2D eigenvalue weighted by molar-refractivity contribution is 5.89. The monoisotopic (exact) mass is 414 g/mol. The van der Waals surface area contributed by atoms with Crippen molar-refractivity contribution in [3.05, 3.63) is 59.6 Å². The maximum Gasteiger partial charge on any atom is 0.103 e. The molecule has 1 saturated heterocycles. The predicted molar refractivity (Wildman–Crippen MR) is 127 cm³/mol. The number of fused-ring (bicyclic) bond motifs is 1. The Kier molecular flexibility index (Phi) is 6.66. The molecule has 31 heavy (non-hydrogen) atoms. The second kappa shape index (κ2) is 9.78. The molecule has 160 valence electrons. The van der Waals surface area contributed by atoms with Gasteiger partial charge in [0.05, 0.1) is 11.3 Å². The number of nitrogens with zero attached hydrogens (tertiary/aromatic N) is 4. The molecule has 0 unspecified atom stereocenters. The van der Waals surface area contributed by atoms with E-state index < -0.39 is 0 Å². The summed E-state index contributed by atoms with van der Waals surface area (Å²) >= 11 is 0. The van der Waals surface area contributed by atoms with Crippen LogP contribution in [-0.2, 0) is 0 Å². The summed E-state index contributed by atoms with van der Waals surface area (Å²) in [5.74, 6) is 0. The Bertz CT molecular complexity index is 1100. The van der Waals surface area contributed by atoms with E-state index in [2.05, 4.69) is 75.5 Å². The van der Waals surface area contributed by atoms with Crippen molar-refractivity contribution >= 4 is 28.4 Å². The number of anilines is 2. The van der Waals surface area contributed by atoms with Gasteiger partial charge in [0.2, 0.25) is 0 Å². The number of nitriles is 1. The minimum atomic E-state index is 0.549. The Hall–Kier alpha value is -3.14. The molecule has 1 fully saturated rings. The first-order chi connectivity index (χ1) is 15.2. The molecule has 6 heteroatoms. The average Bonchev–Trinajstić information content (AvgIpc) is 3.27. The molecule has 3 heterocycles. The molecular weight excluding hydrogens is 384 g/mol. The summed E-state index contributed by atoms with van der Waals surface area (Å²) in [5.41, 5.74) is 5.56. The Balaban J connectivity index is 1.45. The molecule has 0 atom stereocenters. The number of H-pyrrole nitrogens is 1. The summed E-state index contributed by atoms with van der Waals surface area (Å²) < 4.78 is 0. The zero-order valence-electron chi connectivity index (χ0n) is 18.4. The third-order valence-corrected chi connectivity index (χ3v) is 6.10. The number of pyridine rings is 1. The van der Waals surface area contributed by atoms with Crippen LogP contribution >= 0.6 is 0 Å². The molecule has 1 aliphatic heterocycles. The van der Waals surface area contributed by atoms with Crippen LogP contribution in [0.4, 0.5) is 11.4 Å². The fraction of sp³-hybridized carbons (Fsp3) is 0.360. The van der Waals surface area contributed by atoms with E-state index in [9.17, 15) is 5.26 Å². The lowest BCUT2D eigenvalue weighted by Gasteiger charge is -2.32. The van der Waals surface area contributed by atoms with Gasteiger partial charge >= 0.3 is 0 Å². The quantitative estimate of drug-likeness (QED) is 0.556. The Morgan fingerprint density at radius 3 is 2.84 bits per heavy atom. The van der Waals surface area contributed by atoms with Crippen molar-refractivity contribution in [3.8, 4) is 6.07 Å². The van der Waals surface area contributed by atoms with Crippen LogP contribution in [0.2, 0.25) is 0 Å². The molecule has 0 spiro atoms. The summed E-state index contributed by atoms with van der Waals surface area (Å²) in [6, 6.07) is 8.47. The molecule has 0 saturated carbocycles. The highest BCUT2D eigenvalue weighted by atomic mass is 15.2. The van der Waals surface area contributed by atoms with Crippen LogP contribution in [0.25, 0.3) is 17.0 Å². The first-order valence-corrected chi connectivity index (χ1v) is 10.9. The molecule has 1 aromatic carbocycles. The van der Waals surface area contributed by atoms with Crippen molar-refractivity contribution in [3.63, 3.8) is 0 Å². The molecule has 0 bridgehead atoms. The first-order valence-electron chi connectivity index (χ1n) is 10.9. The Morgan fingerprint density at radius 2 is 2.03 bits per heavy atom. The van der Waals surface area contributed by atoms with Crippen molar-refractivity contribution in [2.75, 3.05) is 45.1 Å². The maximum absolute atomic E-state index is 9.63. The number of rotatable bonds is 7. The number of hydrogen-bond donors (Lipinski definition) is 2. The number of piperazine rings is 1. The van der Waals surface area contributed by atoms with E-state index in [0.29, 0.717) is 5.56 Å². The number of allylic oxidation sites excluding steroid dienone is 1. The number of aromatic nitrogens is 2. The minimum Gasteiger partial charge on any atom is -0.361 e. The number of nitrogens with one attached hydrogen (secondary N) is 2. The van der Waals surface area contributed by atoms with Crippen LogP contribution in [0, 0.1) is 18.3 Å². The Labute approximate surface area is 184 Å². The average molecular weight is 415 g/mol. The van der Waals surface area contributed by atoms with E-state index in [0.717, 1.165) is 73.6 Å². The molecular formula is C25H30N6. The predicted octanol–water partition coefficient (Wildman–Crippen LogP) is 4.53. The molecule has 3 aromatic rings. The zero-order valence-corrected chi connectivity index (χ0v) is 18.4. The van der Waals surface area contributed by atoms with Crippen molar-refractivity contribution in [1.29, 1.82) is 5.26 Å². The molecule has 2 aromatic heterocycles. The number of aromatic amines is 1. The highest BCUT2D eigenvalue weighted by Crippen LogP contribution is 2.30. The molecule has 0 radical (unpaired) electrons. The van der Waals surface area contributed by atoms with Crippen molar-refractivity contribution < 1.29 is 0 Å². The van der Waals surface area contributed by atoms with Gasteiger partial charge in [-0.1, -0.05) is 12.2 Å². The second-order valence-electron chi connectivity index (χ2n) is 8.25. The lowest BCUT2D eigenvalue weighted by Crippen LogP contribution is -2.44. The normalized spacial score (nSPS) is 15.5. The van der Waals surface area contributed by atoms with Crippen LogP contribution in [-0.4, -0.2) is 59.5 Å². The van der Waals surface area contributed by atoms with Crippen molar-refractivity contribution in [1.82, 2.24) is 19.8 Å². The van der Waals surface area contributed by atoms with Gasteiger partial charge in [-0.25, -0.2) is 0 Å². The standard InChI is InChI=1S/C25H30N6/c1-19-22-9-10-28-24(22)8-7-23(19)29-25-20(17-27-18-21(25)16-26)6-4-3-5-11-31-14-12-30(2)13-15-31/h4,6-10,17-18,28H,3,5,11-15H2,1-2H3,(H,27,29)/b6-4+. The fourth-order valence-electron chi connectivity index (χ4n) is 4.10. The van der Waals surface area contributed by atoms with E-state index in [4.69, 9.17) is 0 Å². The van der Waals surface area contributed by atoms with Crippen molar-refractivity contribution in [2.45, 2.75) is 19.8 Å². The van der Waals surface area contributed by atoms with E-state index >= 15 is 0 Å². The van der Waals surface area contributed by atoms with Crippen LogP contribution in [0.1, 0.15) is 29.5 Å². The third kappa shape index (κ3) is 4.96. The molecule has 0 amide bonds. The smallest absolute Gasteiger partial charge is 0.103 e. The summed E-state index contributed by atoms with van der Waals surface area (Å²) in [5, 5.41) is 14.3. The lowest BCUT2D eigenvalue weighted by atomic mass is 10.1. The van der Waals surface area contributed by atoms with E-state index in [1.807, 2.05) is 12.4 Å². The topological polar surface area (TPSA) is 71.0 Å². The van der Waals surface area contributed by atoms with Gasteiger partial charge < -0.3 is 20.1 Å². The summed E-state index contributed by atoms with van der Waals surface area (Å²) in [4.78, 5) is 12.4. The number of aryl methyl sites for hydroxylation is 1. The van der Waals surface area contributed by atoms with E-state index in [1.165, 1.54) is 5.39 Å². The molecule has 0 aliphatic carbocycles. The summed E-state index contributed by atoms with van der Waals surface area (Å²) in [6.07, 6.45) is 11.8. The van der Waals surface area contributed by atoms with Crippen LogP contribution in [0.15, 0.2) is 42.9 Å². The lowest BCUT2D eigenvalue weighted by molar-refractivity contribution is 0.153. The SMILES string of the molecule is Cc1c(Nc2c(C#N)cncc2/C=C/CCCN2CCN(C)CC2)ccc2[nH]ccc12. The van der Waals surface area contributed by atoms with Crippen LogP contribution in [0.3, 0.4) is 0 Å². The highest BCUT2D eigenvalue weighted by Gasteiger charge is 2.13. The van der Waals surface area contributed by atoms with E-state index in [-0.39, 0.29) is 0 Å². The number of likely N-dealkylation sites (N-methyl/N-ethyl adjacent to an activating group) is 1. The first kappa shape index (κ1) is 21.1. The Morgan fingerprint density at radius 1 is 1.19 bits per heavy atom. The van der Waals surface area contributed by atoms with Gasteiger partial charge in [0.15, 0.2) is 0 Å². The van der Waals surface area contributed by atoms with Crippen molar-refractivity contribution in [2.24, 2.45) is 0 Å². The molecule has 6 nitrogen and oxygen atoms in total. The van der Waals surface area contributed by atoms with Gasteiger partial charge in [0, 0.05) is 66.9 Å². The largest absolute Gasteiger partial charge is 0.361 e. The van der Waals surface area contributed by atoms with Gasteiger partial charge in [-0.15, -0.1) is 0 Å². The zero-order chi connectivity index (χ0) is 21.6. The van der Waals surface area contributed by atoms with Crippen LogP contribution in [0.5, 0.6) is 0 Å². The third-order valence-electron chi connectivity index (χ3n) is 6.10. The number of hydrogen-bond acceptors (Lipinski definition) is 5. The molecule has 4 rings (SSSR count). The number of benzene rings is 1.